The zero-order chi connectivity index (χ0) is 32.8. The Hall–Kier alpha value is -6.64. The summed E-state index contributed by atoms with van der Waals surface area (Å²) in [4.78, 5) is 0. The van der Waals surface area contributed by atoms with E-state index in [0.29, 0.717) is 0 Å². The maximum absolute atomic E-state index is 2.47. The molecule has 2 nitrogen and oxygen atoms in total. The standard InChI is InChI=1S/C48H30N2/c1-3-11-31(12-4-1)33-15-9-16-37(27-33)49-44-20-8-7-17-38(44)41-29-35(22-24-45(41)49)36-23-26-47-43(30-36)40-19-10-18-39-42-28-34(32-13-5-2-6-14-32)21-25-46(42)50(47)48(39)40/h1-30H. The van der Waals surface area contributed by atoms with Crippen molar-refractivity contribution in [2.75, 3.05) is 0 Å². The van der Waals surface area contributed by atoms with Gasteiger partial charge >= 0.3 is 0 Å². The van der Waals surface area contributed by atoms with Crippen molar-refractivity contribution in [1.82, 2.24) is 8.97 Å². The van der Waals surface area contributed by atoms with E-state index in [1.807, 2.05) is 0 Å². The number of hydrogen-bond acceptors (Lipinski definition) is 0. The van der Waals surface area contributed by atoms with Gasteiger partial charge in [0.25, 0.3) is 0 Å². The summed E-state index contributed by atoms with van der Waals surface area (Å²) in [6, 6.07) is 66.6. The Bertz CT molecular complexity index is 3070. The minimum absolute atomic E-state index is 1.17. The first-order chi connectivity index (χ1) is 24.8. The van der Waals surface area contributed by atoms with Gasteiger partial charge in [0.1, 0.15) is 0 Å². The Morgan fingerprint density at radius 1 is 0.260 bits per heavy atom. The third-order valence-corrected chi connectivity index (χ3v) is 10.6. The molecule has 3 aromatic heterocycles. The number of nitrogens with zero attached hydrogens (tertiary/aromatic N) is 2. The normalized spacial score (nSPS) is 12.0. The monoisotopic (exact) mass is 634 g/mol. The van der Waals surface area contributed by atoms with Crippen LogP contribution in [0.15, 0.2) is 182 Å². The molecule has 0 atom stereocenters. The Labute approximate surface area is 289 Å². The molecule has 0 N–H and O–H groups in total. The largest absolute Gasteiger partial charge is 0.309 e. The van der Waals surface area contributed by atoms with E-state index in [2.05, 4.69) is 191 Å². The van der Waals surface area contributed by atoms with Gasteiger partial charge in [0.05, 0.1) is 27.6 Å². The fraction of sp³-hybridized carbons (Fsp3) is 0. The summed E-state index contributed by atoms with van der Waals surface area (Å²) in [5.74, 6) is 0. The van der Waals surface area contributed by atoms with Crippen molar-refractivity contribution in [1.29, 1.82) is 0 Å². The lowest BCUT2D eigenvalue weighted by molar-refractivity contribution is 1.18. The van der Waals surface area contributed by atoms with Crippen LogP contribution < -0.4 is 0 Å². The number of hydrogen-bond donors (Lipinski definition) is 0. The van der Waals surface area contributed by atoms with E-state index < -0.39 is 0 Å². The topological polar surface area (TPSA) is 9.34 Å². The van der Waals surface area contributed by atoms with E-state index in [-0.39, 0.29) is 0 Å². The molecule has 11 aromatic rings. The summed E-state index contributed by atoms with van der Waals surface area (Å²) in [7, 11) is 0. The zero-order valence-electron chi connectivity index (χ0n) is 27.2. The third-order valence-electron chi connectivity index (χ3n) is 10.6. The van der Waals surface area contributed by atoms with Crippen LogP contribution in [0.25, 0.3) is 99.0 Å². The molecule has 8 aromatic carbocycles. The molecule has 0 saturated carbocycles. The summed E-state index contributed by atoms with van der Waals surface area (Å²) in [5.41, 5.74) is 14.8. The van der Waals surface area contributed by atoms with Gasteiger partial charge in [-0.15, -0.1) is 0 Å². The molecule has 0 amide bonds. The second kappa shape index (κ2) is 10.4. The Kier molecular flexibility index (Phi) is 5.70. The number of benzene rings is 8. The third kappa shape index (κ3) is 3.90. The molecular weight excluding hydrogens is 605 g/mol. The number of fused-ring (bicyclic) bond motifs is 9. The van der Waals surface area contributed by atoms with Gasteiger partial charge in [-0.25, -0.2) is 0 Å². The minimum atomic E-state index is 1.17. The van der Waals surface area contributed by atoms with Gasteiger partial charge in [-0.3, -0.25) is 0 Å². The van der Waals surface area contributed by atoms with E-state index in [1.54, 1.807) is 0 Å². The Balaban J connectivity index is 1.07. The summed E-state index contributed by atoms with van der Waals surface area (Å²) < 4.78 is 4.88. The first kappa shape index (κ1) is 27.3. The van der Waals surface area contributed by atoms with Crippen molar-refractivity contribution in [3.05, 3.63) is 182 Å². The van der Waals surface area contributed by atoms with Crippen molar-refractivity contribution >= 4 is 59.9 Å². The first-order valence-corrected chi connectivity index (χ1v) is 17.3. The molecule has 0 aliphatic heterocycles. The molecule has 0 unspecified atom stereocenters. The Morgan fingerprint density at radius 3 is 1.34 bits per heavy atom. The van der Waals surface area contributed by atoms with Gasteiger partial charge in [0, 0.05) is 38.0 Å². The lowest BCUT2D eigenvalue weighted by Crippen LogP contribution is -1.94. The lowest BCUT2D eigenvalue weighted by atomic mass is 9.99. The van der Waals surface area contributed by atoms with E-state index in [0.717, 1.165) is 0 Å². The van der Waals surface area contributed by atoms with Crippen molar-refractivity contribution in [2.45, 2.75) is 0 Å². The molecule has 232 valence electrons. The maximum atomic E-state index is 2.47. The predicted molar refractivity (Wildman–Crippen MR) is 212 cm³/mol. The van der Waals surface area contributed by atoms with E-state index in [1.165, 1.54) is 99.0 Å². The van der Waals surface area contributed by atoms with Crippen LogP contribution in [0.2, 0.25) is 0 Å². The van der Waals surface area contributed by atoms with Crippen LogP contribution in [0.3, 0.4) is 0 Å². The van der Waals surface area contributed by atoms with Crippen LogP contribution in [0.4, 0.5) is 0 Å². The van der Waals surface area contributed by atoms with Crippen LogP contribution in [0, 0.1) is 0 Å². The summed E-state index contributed by atoms with van der Waals surface area (Å²) >= 11 is 0. The molecule has 3 heterocycles. The molecule has 0 spiro atoms. The van der Waals surface area contributed by atoms with Crippen molar-refractivity contribution in [3.63, 3.8) is 0 Å². The second-order valence-electron chi connectivity index (χ2n) is 13.4. The van der Waals surface area contributed by atoms with Crippen molar-refractivity contribution in [2.24, 2.45) is 0 Å². The molecule has 0 fully saturated rings. The highest BCUT2D eigenvalue weighted by molar-refractivity contribution is 6.24. The van der Waals surface area contributed by atoms with Gasteiger partial charge in [0.2, 0.25) is 0 Å². The summed E-state index contributed by atoms with van der Waals surface area (Å²) in [6.07, 6.45) is 0. The van der Waals surface area contributed by atoms with Crippen LogP contribution in [-0.4, -0.2) is 8.97 Å². The van der Waals surface area contributed by atoms with E-state index in [4.69, 9.17) is 0 Å². The van der Waals surface area contributed by atoms with Gasteiger partial charge in [-0.2, -0.15) is 0 Å². The molecule has 50 heavy (non-hydrogen) atoms. The molecule has 0 saturated heterocycles. The quantitative estimate of drug-likeness (QED) is 0.182. The molecule has 0 radical (unpaired) electrons. The zero-order valence-corrected chi connectivity index (χ0v) is 27.2. The van der Waals surface area contributed by atoms with Crippen LogP contribution in [-0.2, 0) is 0 Å². The maximum Gasteiger partial charge on any atom is 0.0620 e. The van der Waals surface area contributed by atoms with Crippen LogP contribution in [0.1, 0.15) is 0 Å². The van der Waals surface area contributed by atoms with Gasteiger partial charge < -0.3 is 8.97 Å². The van der Waals surface area contributed by atoms with Gasteiger partial charge in [-0.1, -0.05) is 127 Å². The molecular formula is C48H30N2. The predicted octanol–water partition coefficient (Wildman–Crippen LogP) is 12.9. The Morgan fingerprint density at radius 2 is 0.700 bits per heavy atom. The number of rotatable bonds is 4. The summed E-state index contributed by atoms with van der Waals surface area (Å²) in [5, 5.41) is 7.72. The number of aromatic nitrogens is 2. The van der Waals surface area contributed by atoms with E-state index in [9.17, 15) is 0 Å². The van der Waals surface area contributed by atoms with Crippen molar-refractivity contribution < 1.29 is 0 Å². The minimum Gasteiger partial charge on any atom is -0.309 e. The fourth-order valence-corrected chi connectivity index (χ4v) is 8.36. The average Bonchev–Trinajstić information content (AvgIpc) is 3.83. The smallest absolute Gasteiger partial charge is 0.0620 e. The van der Waals surface area contributed by atoms with Gasteiger partial charge in [0.15, 0.2) is 0 Å². The molecule has 2 heteroatoms. The van der Waals surface area contributed by atoms with Crippen LogP contribution in [0.5, 0.6) is 0 Å². The highest BCUT2D eigenvalue weighted by Gasteiger charge is 2.19. The van der Waals surface area contributed by atoms with Gasteiger partial charge in [-0.05, 0) is 88.0 Å². The molecule has 0 aliphatic carbocycles. The SMILES string of the molecule is c1ccc(-c2cccc(-n3c4ccccc4c4cc(-c5ccc6c(c5)c5cccc7c8cc(-c9ccccc9)ccc8n6c75)ccc43)c2)cc1. The van der Waals surface area contributed by atoms with E-state index >= 15 is 0 Å². The average molecular weight is 635 g/mol. The number of para-hydroxylation sites is 2. The fourth-order valence-electron chi connectivity index (χ4n) is 8.36. The lowest BCUT2D eigenvalue weighted by Gasteiger charge is -2.11. The molecule has 11 rings (SSSR count). The summed E-state index contributed by atoms with van der Waals surface area (Å²) in [6.45, 7) is 0. The first-order valence-electron chi connectivity index (χ1n) is 17.3. The van der Waals surface area contributed by atoms with Crippen molar-refractivity contribution in [3.8, 4) is 39.1 Å². The molecule has 0 bridgehead atoms. The van der Waals surface area contributed by atoms with Crippen LogP contribution >= 0.6 is 0 Å². The second-order valence-corrected chi connectivity index (χ2v) is 13.4. The highest BCUT2D eigenvalue weighted by atomic mass is 15.0. The molecule has 0 aliphatic rings. The highest BCUT2D eigenvalue weighted by Crippen LogP contribution is 2.42.